The fourth-order valence-electron chi connectivity index (χ4n) is 1.81. The van der Waals surface area contributed by atoms with Crippen molar-refractivity contribution in [2.45, 2.75) is 45.7 Å². The Hall–Kier alpha value is -1.10. The molecule has 1 unspecified atom stereocenters. The van der Waals surface area contributed by atoms with Crippen LogP contribution in [0.1, 0.15) is 44.8 Å². The van der Waals surface area contributed by atoms with Crippen LogP contribution < -0.4 is 10.1 Å². The van der Waals surface area contributed by atoms with Crippen LogP contribution >= 0.6 is 12.2 Å². The molecule has 0 spiro atoms. The minimum atomic E-state index is 0.142. The van der Waals surface area contributed by atoms with Crippen LogP contribution in [0.5, 0.6) is 5.75 Å². The largest absolute Gasteiger partial charge is 0.428 e. The van der Waals surface area contributed by atoms with Gasteiger partial charge >= 0.3 is 0 Å². The van der Waals surface area contributed by atoms with Gasteiger partial charge in [0.15, 0.2) is 5.75 Å². The van der Waals surface area contributed by atoms with Crippen LogP contribution in [-0.2, 0) is 6.54 Å². The fraction of sp³-hybridized carbons (Fsp3) is 0.636. The summed E-state index contributed by atoms with van der Waals surface area (Å²) in [6, 6.07) is 0.142. The molecule has 16 heavy (non-hydrogen) atoms. The van der Waals surface area contributed by atoms with Gasteiger partial charge in [-0.15, -0.1) is 0 Å². The van der Waals surface area contributed by atoms with Crippen LogP contribution in [0.2, 0.25) is 0 Å². The number of hydrogen-bond donors (Lipinski definition) is 1. The molecule has 1 aromatic heterocycles. The Kier molecular flexibility index (Phi) is 3.43. The van der Waals surface area contributed by atoms with Crippen molar-refractivity contribution in [1.29, 1.82) is 0 Å². The van der Waals surface area contributed by atoms with Crippen molar-refractivity contribution in [2.75, 3.05) is 0 Å². The SMILES string of the molecule is CCCCCn1cc2c(n1)C(C)NC(=S)O2. The van der Waals surface area contributed by atoms with Crippen LogP contribution in [0, 0.1) is 0 Å². The first-order valence-corrected chi connectivity index (χ1v) is 6.17. The summed E-state index contributed by atoms with van der Waals surface area (Å²) in [5.41, 5.74) is 0.949. The fourth-order valence-corrected chi connectivity index (χ4v) is 2.08. The number of ether oxygens (including phenoxy) is 1. The third-order valence-corrected chi connectivity index (χ3v) is 2.89. The normalized spacial score (nSPS) is 18.9. The Balaban J connectivity index is 2.07. The van der Waals surface area contributed by atoms with Crippen molar-refractivity contribution in [3.63, 3.8) is 0 Å². The number of rotatable bonds is 4. The molecule has 88 valence electrons. The predicted molar refractivity (Wildman–Crippen MR) is 66.5 cm³/mol. The lowest BCUT2D eigenvalue weighted by atomic mass is 10.2. The summed E-state index contributed by atoms with van der Waals surface area (Å²) in [6.07, 6.45) is 5.55. The Labute approximate surface area is 101 Å². The summed E-state index contributed by atoms with van der Waals surface area (Å²) in [5, 5.41) is 8.00. The molecule has 1 N–H and O–H groups in total. The van der Waals surface area contributed by atoms with Crippen molar-refractivity contribution >= 4 is 17.4 Å². The number of unbranched alkanes of at least 4 members (excludes halogenated alkanes) is 2. The van der Waals surface area contributed by atoms with E-state index in [1.54, 1.807) is 0 Å². The van der Waals surface area contributed by atoms with Gasteiger partial charge in [-0.25, -0.2) is 0 Å². The maximum Gasteiger partial charge on any atom is 0.262 e. The second-order valence-corrected chi connectivity index (χ2v) is 4.48. The van der Waals surface area contributed by atoms with E-state index in [0.717, 1.165) is 24.4 Å². The molecule has 2 heterocycles. The third kappa shape index (κ3) is 2.35. The van der Waals surface area contributed by atoms with E-state index >= 15 is 0 Å². The van der Waals surface area contributed by atoms with Gasteiger partial charge in [-0.3, -0.25) is 4.68 Å². The first-order valence-electron chi connectivity index (χ1n) is 5.76. The van der Waals surface area contributed by atoms with Crippen LogP contribution in [0.25, 0.3) is 0 Å². The van der Waals surface area contributed by atoms with Gasteiger partial charge in [-0.1, -0.05) is 19.8 Å². The molecule has 5 heteroatoms. The molecule has 0 radical (unpaired) electrons. The highest BCUT2D eigenvalue weighted by atomic mass is 32.1. The zero-order valence-corrected chi connectivity index (χ0v) is 10.5. The van der Waals surface area contributed by atoms with E-state index in [9.17, 15) is 0 Å². The molecule has 1 atom stereocenters. The van der Waals surface area contributed by atoms with Gasteiger partial charge in [-0.2, -0.15) is 5.10 Å². The van der Waals surface area contributed by atoms with Crippen molar-refractivity contribution in [2.24, 2.45) is 0 Å². The molecule has 2 rings (SSSR count). The van der Waals surface area contributed by atoms with Crippen molar-refractivity contribution in [1.82, 2.24) is 15.1 Å². The standard InChI is InChI=1S/C11H17N3OS/c1-3-4-5-6-14-7-9-10(13-14)8(2)12-11(16)15-9/h7-8H,3-6H2,1-2H3,(H,12,16). The monoisotopic (exact) mass is 239 g/mol. The molecular formula is C11H17N3OS. The van der Waals surface area contributed by atoms with E-state index in [-0.39, 0.29) is 6.04 Å². The van der Waals surface area contributed by atoms with E-state index in [0.29, 0.717) is 5.17 Å². The summed E-state index contributed by atoms with van der Waals surface area (Å²) in [4.78, 5) is 0. The topological polar surface area (TPSA) is 39.1 Å². The van der Waals surface area contributed by atoms with E-state index < -0.39 is 0 Å². The van der Waals surface area contributed by atoms with Crippen LogP contribution in [-0.4, -0.2) is 15.0 Å². The molecule has 0 bridgehead atoms. The molecule has 1 aliphatic heterocycles. The number of nitrogens with one attached hydrogen (secondary N) is 1. The molecule has 1 aliphatic rings. The number of aromatic nitrogens is 2. The second kappa shape index (κ2) is 4.82. The van der Waals surface area contributed by atoms with E-state index in [4.69, 9.17) is 17.0 Å². The number of thiocarbonyl (C=S) groups is 1. The van der Waals surface area contributed by atoms with Crippen molar-refractivity contribution in [3.05, 3.63) is 11.9 Å². The zero-order chi connectivity index (χ0) is 11.5. The average molecular weight is 239 g/mol. The summed E-state index contributed by atoms with van der Waals surface area (Å²) < 4.78 is 7.38. The first kappa shape index (κ1) is 11.4. The molecule has 0 aromatic carbocycles. The molecule has 1 aromatic rings. The van der Waals surface area contributed by atoms with Gasteiger partial charge < -0.3 is 10.1 Å². The molecule has 4 nitrogen and oxygen atoms in total. The maximum absolute atomic E-state index is 5.43. The van der Waals surface area contributed by atoms with Gasteiger partial charge in [0.1, 0.15) is 5.69 Å². The molecular weight excluding hydrogens is 222 g/mol. The van der Waals surface area contributed by atoms with Crippen molar-refractivity contribution in [3.8, 4) is 5.75 Å². The molecule has 0 saturated carbocycles. The summed E-state index contributed by atoms with van der Waals surface area (Å²) >= 11 is 5.00. The lowest BCUT2D eigenvalue weighted by molar-refractivity contribution is 0.462. The second-order valence-electron chi connectivity index (χ2n) is 4.10. The van der Waals surface area contributed by atoms with Crippen LogP contribution in [0.3, 0.4) is 0 Å². The van der Waals surface area contributed by atoms with E-state index in [2.05, 4.69) is 17.3 Å². The number of aryl methyl sites for hydroxylation is 1. The average Bonchev–Trinajstić information content (AvgIpc) is 2.61. The highest BCUT2D eigenvalue weighted by Crippen LogP contribution is 2.27. The molecule has 0 saturated heterocycles. The Morgan fingerprint density at radius 1 is 1.56 bits per heavy atom. The minimum Gasteiger partial charge on any atom is -0.428 e. The van der Waals surface area contributed by atoms with Crippen LogP contribution in [0.4, 0.5) is 0 Å². The smallest absolute Gasteiger partial charge is 0.262 e. The van der Waals surface area contributed by atoms with Gasteiger partial charge in [-0.05, 0) is 25.6 Å². The Bertz CT molecular complexity index is 389. The van der Waals surface area contributed by atoms with E-state index in [1.807, 2.05) is 17.8 Å². The zero-order valence-electron chi connectivity index (χ0n) is 9.69. The molecule has 0 amide bonds. The minimum absolute atomic E-state index is 0.142. The predicted octanol–water partition coefficient (Wildman–Crippen LogP) is 2.40. The number of nitrogens with zero attached hydrogens (tertiary/aromatic N) is 2. The van der Waals surface area contributed by atoms with E-state index in [1.165, 1.54) is 12.8 Å². The Morgan fingerprint density at radius 2 is 2.38 bits per heavy atom. The van der Waals surface area contributed by atoms with Gasteiger partial charge in [0.25, 0.3) is 5.17 Å². The Morgan fingerprint density at radius 3 is 3.12 bits per heavy atom. The number of fused-ring (bicyclic) bond motifs is 1. The highest BCUT2D eigenvalue weighted by molar-refractivity contribution is 7.80. The van der Waals surface area contributed by atoms with Gasteiger partial charge in [0, 0.05) is 6.54 Å². The first-order chi connectivity index (χ1) is 7.70. The van der Waals surface area contributed by atoms with Gasteiger partial charge in [0.2, 0.25) is 0 Å². The highest BCUT2D eigenvalue weighted by Gasteiger charge is 2.24. The molecule has 0 fully saturated rings. The number of hydrogen-bond acceptors (Lipinski definition) is 3. The summed E-state index contributed by atoms with van der Waals surface area (Å²) in [7, 11) is 0. The maximum atomic E-state index is 5.43. The lowest BCUT2D eigenvalue weighted by Crippen LogP contribution is -2.33. The van der Waals surface area contributed by atoms with Crippen molar-refractivity contribution < 1.29 is 4.74 Å². The quantitative estimate of drug-likeness (QED) is 0.647. The summed E-state index contributed by atoms with van der Waals surface area (Å²) in [6.45, 7) is 5.18. The summed E-state index contributed by atoms with van der Waals surface area (Å²) in [5.74, 6) is 0.799. The third-order valence-electron chi connectivity index (χ3n) is 2.69. The molecule has 0 aliphatic carbocycles. The van der Waals surface area contributed by atoms with Gasteiger partial charge in [0.05, 0.1) is 12.2 Å². The lowest BCUT2D eigenvalue weighted by Gasteiger charge is -2.20. The van der Waals surface area contributed by atoms with Crippen LogP contribution in [0.15, 0.2) is 6.20 Å².